The molecule has 13 heavy (non-hydrogen) atoms. The Kier molecular flexibility index (Phi) is 12.0. The van der Waals surface area contributed by atoms with Gasteiger partial charge in [-0.05, 0) is 0 Å². The third-order valence-corrected chi connectivity index (χ3v) is 2.71. The predicted octanol–water partition coefficient (Wildman–Crippen LogP) is 5.32. The molecule has 0 aromatic rings. The first kappa shape index (κ1) is 13.0. The molecule has 0 heterocycles. The summed E-state index contributed by atoms with van der Waals surface area (Å²) in [6.07, 6.45) is 16.0. The zero-order chi connectivity index (χ0) is 9.78. The van der Waals surface area contributed by atoms with Gasteiger partial charge in [-0.1, -0.05) is 84.5 Å². The van der Waals surface area contributed by atoms with Gasteiger partial charge in [0, 0.05) is 0 Å². The molecule has 0 aromatic heterocycles. The highest BCUT2D eigenvalue weighted by Gasteiger charge is 1.95. The summed E-state index contributed by atoms with van der Waals surface area (Å²) >= 11 is 0. The molecule has 0 heteroatoms. The molecule has 0 atom stereocenters. The molecule has 1 aliphatic rings. The fraction of sp³-hybridized carbons (Fsp3) is 1.00. The molecule has 0 bridgehead atoms. The van der Waals surface area contributed by atoms with Gasteiger partial charge in [0.2, 0.25) is 0 Å². The first-order chi connectivity index (χ1) is 6.41. The van der Waals surface area contributed by atoms with E-state index in [1.54, 1.807) is 0 Å². The van der Waals surface area contributed by atoms with E-state index < -0.39 is 0 Å². The molecule has 0 N–H and O–H groups in total. The third kappa shape index (κ3) is 12.0. The first-order valence-corrected chi connectivity index (χ1v) is 6.41. The van der Waals surface area contributed by atoms with Crippen LogP contribution in [0.5, 0.6) is 0 Å². The maximum Gasteiger partial charge on any atom is -0.0533 e. The van der Waals surface area contributed by atoms with Crippen LogP contribution in [-0.2, 0) is 0 Å². The molecule has 0 aromatic carbocycles. The molecule has 0 unspecified atom stereocenters. The summed E-state index contributed by atoms with van der Waals surface area (Å²) in [6, 6.07) is 0. The minimum atomic E-state index is 1.36. The van der Waals surface area contributed by atoms with Crippen LogP contribution >= 0.6 is 0 Å². The largest absolute Gasteiger partial charge is 0.0654 e. The Morgan fingerprint density at radius 3 is 1.08 bits per heavy atom. The Morgan fingerprint density at radius 1 is 0.538 bits per heavy atom. The Morgan fingerprint density at radius 2 is 0.846 bits per heavy atom. The van der Waals surface area contributed by atoms with Gasteiger partial charge in [0.25, 0.3) is 0 Å². The van der Waals surface area contributed by atoms with Gasteiger partial charge >= 0.3 is 0 Å². The lowest BCUT2D eigenvalue weighted by molar-refractivity contribution is 0.624. The summed E-state index contributed by atoms with van der Waals surface area (Å²) in [7, 11) is 0. The molecule has 0 amide bonds. The van der Waals surface area contributed by atoms with E-state index in [0.717, 1.165) is 0 Å². The maximum atomic E-state index is 2.26. The van der Waals surface area contributed by atoms with E-state index in [2.05, 4.69) is 13.8 Å². The second kappa shape index (κ2) is 12.0. The highest BCUT2D eigenvalue weighted by atomic mass is 14.0. The molecule has 0 radical (unpaired) electrons. The van der Waals surface area contributed by atoms with Crippen molar-refractivity contribution in [2.24, 2.45) is 0 Å². The summed E-state index contributed by atoms with van der Waals surface area (Å²) in [6.45, 7) is 4.51. The Hall–Kier alpha value is 0. The fourth-order valence-corrected chi connectivity index (χ4v) is 1.74. The first-order valence-electron chi connectivity index (χ1n) is 6.41. The van der Waals surface area contributed by atoms with Crippen molar-refractivity contribution in [1.29, 1.82) is 0 Å². The summed E-state index contributed by atoms with van der Waals surface area (Å²) in [5.41, 5.74) is 0. The SMILES string of the molecule is C1CCCC1.CCCCCCCC. The van der Waals surface area contributed by atoms with E-state index >= 15 is 0 Å². The summed E-state index contributed by atoms with van der Waals surface area (Å²) in [5, 5.41) is 0. The molecule has 1 fully saturated rings. The van der Waals surface area contributed by atoms with Crippen LogP contribution in [0.4, 0.5) is 0 Å². The lowest BCUT2D eigenvalue weighted by Crippen LogP contribution is -1.73. The van der Waals surface area contributed by atoms with Crippen LogP contribution in [0.1, 0.15) is 84.5 Å². The third-order valence-electron chi connectivity index (χ3n) is 2.71. The van der Waals surface area contributed by atoms with Gasteiger partial charge in [-0.2, -0.15) is 0 Å². The van der Waals surface area contributed by atoms with E-state index in [9.17, 15) is 0 Å². The average Bonchev–Trinajstić information content (AvgIpc) is 2.70. The Balaban J connectivity index is 0.000000243. The van der Waals surface area contributed by atoms with Gasteiger partial charge in [-0.3, -0.25) is 0 Å². The molecular weight excluding hydrogens is 156 g/mol. The van der Waals surface area contributed by atoms with Gasteiger partial charge in [0.1, 0.15) is 0 Å². The van der Waals surface area contributed by atoms with Crippen molar-refractivity contribution in [3.05, 3.63) is 0 Å². The van der Waals surface area contributed by atoms with E-state index in [0.29, 0.717) is 0 Å². The van der Waals surface area contributed by atoms with Crippen LogP contribution in [0.3, 0.4) is 0 Å². The highest BCUT2D eigenvalue weighted by Crippen LogP contribution is 2.15. The van der Waals surface area contributed by atoms with E-state index in [-0.39, 0.29) is 0 Å². The van der Waals surface area contributed by atoms with Crippen molar-refractivity contribution in [1.82, 2.24) is 0 Å². The predicted molar refractivity (Wildman–Crippen MR) is 62.1 cm³/mol. The standard InChI is InChI=1S/C8H18.C5H10/c1-3-5-7-8-6-4-2;1-2-4-5-3-1/h3-8H2,1-2H3;1-5H2. The second-order valence-corrected chi connectivity index (χ2v) is 4.18. The molecule has 1 rings (SSSR count). The molecule has 0 saturated heterocycles. The normalized spacial score (nSPS) is 15.2. The molecule has 1 saturated carbocycles. The molecular formula is C13H28. The van der Waals surface area contributed by atoms with Crippen molar-refractivity contribution in [3.8, 4) is 0 Å². The van der Waals surface area contributed by atoms with Gasteiger partial charge in [0.05, 0.1) is 0 Å². The summed E-state index contributed by atoms with van der Waals surface area (Å²) < 4.78 is 0. The number of rotatable bonds is 5. The molecule has 0 aliphatic heterocycles. The zero-order valence-corrected chi connectivity index (χ0v) is 9.78. The van der Waals surface area contributed by atoms with Crippen molar-refractivity contribution in [3.63, 3.8) is 0 Å². The minimum Gasteiger partial charge on any atom is -0.0654 e. The van der Waals surface area contributed by atoms with Gasteiger partial charge in [-0.15, -0.1) is 0 Å². The maximum absolute atomic E-state index is 2.26. The van der Waals surface area contributed by atoms with Gasteiger partial charge in [0.15, 0.2) is 0 Å². The Bertz CT molecular complexity index is 58.5. The minimum absolute atomic E-state index is 1.36. The quantitative estimate of drug-likeness (QED) is 0.507. The smallest absolute Gasteiger partial charge is 0.0533 e. The van der Waals surface area contributed by atoms with Crippen LogP contribution in [0.25, 0.3) is 0 Å². The number of hydrogen-bond donors (Lipinski definition) is 0. The van der Waals surface area contributed by atoms with Crippen molar-refractivity contribution in [2.45, 2.75) is 84.5 Å². The van der Waals surface area contributed by atoms with Crippen molar-refractivity contribution >= 4 is 0 Å². The Labute approximate surface area is 85.1 Å². The monoisotopic (exact) mass is 184 g/mol. The van der Waals surface area contributed by atoms with Crippen molar-refractivity contribution < 1.29 is 0 Å². The molecule has 0 spiro atoms. The molecule has 0 nitrogen and oxygen atoms in total. The van der Waals surface area contributed by atoms with E-state index in [4.69, 9.17) is 0 Å². The van der Waals surface area contributed by atoms with Gasteiger partial charge in [-0.25, -0.2) is 0 Å². The number of unbranched alkanes of at least 4 members (excludes halogenated alkanes) is 5. The number of hydrogen-bond acceptors (Lipinski definition) is 0. The van der Waals surface area contributed by atoms with Crippen LogP contribution in [0, 0.1) is 0 Å². The van der Waals surface area contributed by atoms with Crippen LogP contribution < -0.4 is 0 Å². The van der Waals surface area contributed by atoms with Gasteiger partial charge < -0.3 is 0 Å². The summed E-state index contributed by atoms with van der Waals surface area (Å²) in [5.74, 6) is 0. The highest BCUT2D eigenvalue weighted by molar-refractivity contribution is 4.51. The molecule has 80 valence electrons. The molecule has 1 aliphatic carbocycles. The van der Waals surface area contributed by atoms with Crippen LogP contribution in [0.2, 0.25) is 0 Å². The zero-order valence-electron chi connectivity index (χ0n) is 9.78. The summed E-state index contributed by atoms with van der Waals surface area (Å²) in [4.78, 5) is 0. The van der Waals surface area contributed by atoms with Crippen LogP contribution in [0.15, 0.2) is 0 Å². The topological polar surface area (TPSA) is 0 Å². The lowest BCUT2D eigenvalue weighted by Gasteiger charge is -1.93. The fourth-order valence-electron chi connectivity index (χ4n) is 1.74. The van der Waals surface area contributed by atoms with E-state index in [1.165, 1.54) is 70.6 Å². The van der Waals surface area contributed by atoms with Crippen molar-refractivity contribution in [2.75, 3.05) is 0 Å². The van der Waals surface area contributed by atoms with E-state index in [1.807, 2.05) is 0 Å². The van der Waals surface area contributed by atoms with Crippen LogP contribution in [-0.4, -0.2) is 0 Å². The lowest BCUT2D eigenvalue weighted by atomic mass is 10.1. The average molecular weight is 184 g/mol. The second-order valence-electron chi connectivity index (χ2n) is 4.18.